The molecule has 2 N–H and O–H groups in total. The fraction of sp³-hybridized carbons (Fsp3) is 0.538. The number of anilines is 1. The van der Waals surface area contributed by atoms with Gasteiger partial charge in [0.25, 0.3) is 5.91 Å². The van der Waals surface area contributed by atoms with E-state index in [4.69, 9.17) is 16.3 Å². The zero-order valence-electron chi connectivity index (χ0n) is 20.4. The molecule has 35 heavy (non-hydrogen) atoms. The normalized spacial score (nSPS) is 23.3. The fourth-order valence-corrected chi connectivity index (χ4v) is 4.98. The molecular formula is C26H33ClN4O4. The third kappa shape index (κ3) is 5.93. The molecule has 1 aromatic carbocycles. The molecule has 1 saturated heterocycles. The minimum atomic E-state index is -0.383. The van der Waals surface area contributed by atoms with E-state index in [0.717, 1.165) is 18.4 Å². The number of carbonyl (C=O) groups excluding carboxylic acids is 2. The smallest absolute Gasteiger partial charge is 0.415 e. The van der Waals surface area contributed by atoms with Crippen LogP contribution in [0.4, 0.5) is 10.6 Å². The molecule has 2 heterocycles. The van der Waals surface area contributed by atoms with Crippen LogP contribution >= 0.6 is 11.6 Å². The number of aliphatic hydroxyl groups is 1. The van der Waals surface area contributed by atoms with Crippen molar-refractivity contribution in [2.24, 2.45) is 5.92 Å². The second kappa shape index (κ2) is 10.9. The quantitative estimate of drug-likeness (QED) is 0.580. The topological polar surface area (TPSA) is 105 Å². The number of hydrogen-bond donors (Lipinski definition) is 2. The van der Waals surface area contributed by atoms with Crippen LogP contribution in [0.25, 0.3) is 0 Å². The van der Waals surface area contributed by atoms with Crippen molar-refractivity contribution in [3.8, 4) is 0 Å². The highest BCUT2D eigenvalue weighted by molar-refractivity contribution is 6.33. The van der Waals surface area contributed by atoms with E-state index in [1.165, 1.54) is 0 Å². The van der Waals surface area contributed by atoms with Gasteiger partial charge in [-0.05, 0) is 61.3 Å². The van der Waals surface area contributed by atoms with Crippen molar-refractivity contribution in [1.82, 2.24) is 15.3 Å². The summed E-state index contributed by atoms with van der Waals surface area (Å²) >= 11 is 6.50. The zero-order chi connectivity index (χ0) is 25.1. The predicted octanol–water partition coefficient (Wildman–Crippen LogP) is 4.49. The summed E-state index contributed by atoms with van der Waals surface area (Å²) in [5.74, 6) is 1.26. The number of halogens is 1. The molecule has 1 aliphatic heterocycles. The molecule has 0 spiro atoms. The Hall–Kier alpha value is -2.71. The maximum absolute atomic E-state index is 12.7. The average Bonchev–Trinajstić information content (AvgIpc) is 3.22. The van der Waals surface area contributed by atoms with Crippen molar-refractivity contribution in [2.75, 3.05) is 11.5 Å². The van der Waals surface area contributed by atoms with Gasteiger partial charge in [-0.25, -0.2) is 14.8 Å². The van der Waals surface area contributed by atoms with Gasteiger partial charge in [0.15, 0.2) is 0 Å². The van der Waals surface area contributed by atoms with Gasteiger partial charge in [-0.15, -0.1) is 0 Å². The van der Waals surface area contributed by atoms with E-state index >= 15 is 0 Å². The number of hydrogen-bond acceptors (Lipinski definition) is 6. The molecule has 8 nitrogen and oxygen atoms in total. The first-order valence-electron chi connectivity index (χ1n) is 12.3. The molecule has 0 radical (unpaired) electrons. The number of benzene rings is 1. The standard InChI is InChI=1S/C26H33ClN4O4/c1-15(2)22-14-35-26(34)31(22)24-10-11-28-23(30-24)12-16(3)17-4-9-20(21(27)13-17)25(33)29-18-5-7-19(32)8-6-18/h4,9-11,13,15-16,18-19,22,32H,5-8,12,14H2,1-3H3,(H,29,33)/t16-,18?,19?,22-/m1/s1. The van der Waals surface area contributed by atoms with Crippen molar-refractivity contribution in [3.63, 3.8) is 0 Å². The van der Waals surface area contributed by atoms with Crippen LogP contribution in [0.1, 0.15) is 74.1 Å². The number of aromatic nitrogens is 2. The Morgan fingerprint density at radius 1 is 1.23 bits per heavy atom. The van der Waals surface area contributed by atoms with E-state index in [0.29, 0.717) is 48.1 Å². The highest BCUT2D eigenvalue weighted by Crippen LogP contribution is 2.28. The van der Waals surface area contributed by atoms with Gasteiger partial charge in [-0.1, -0.05) is 38.4 Å². The van der Waals surface area contributed by atoms with Crippen LogP contribution in [0.5, 0.6) is 0 Å². The first kappa shape index (κ1) is 25.4. The summed E-state index contributed by atoms with van der Waals surface area (Å²) in [6.45, 7) is 6.51. The number of amides is 2. The summed E-state index contributed by atoms with van der Waals surface area (Å²) in [5.41, 5.74) is 1.42. The number of cyclic esters (lactones) is 1. The molecule has 2 amide bonds. The Labute approximate surface area is 211 Å². The Morgan fingerprint density at radius 3 is 2.66 bits per heavy atom. The molecule has 2 aromatic rings. The van der Waals surface area contributed by atoms with E-state index < -0.39 is 0 Å². The van der Waals surface area contributed by atoms with Crippen LogP contribution in [0.15, 0.2) is 30.5 Å². The van der Waals surface area contributed by atoms with Crippen LogP contribution in [0, 0.1) is 5.92 Å². The molecule has 0 bridgehead atoms. The Morgan fingerprint density at radius 2 is 1.97 bits per heavy atom. The van der Waals surface area contributed by atoms with Crippen molar-refractivity contribution in [3.05, 3.63) is 52.4 Å². The van der Waals surface area contributed by atoms with Gasteiger partial charge in [0.1, 0.15) is 18.2 Å². The molecule has 2 atom stereocenters. The predicted molar refractivity (Wildman–Crippen MR) is 134 cm³/mol. The summed E-state index contributed by atoms with van der Waals surface area (Å²) in [6, 6.07) is 7.22. The number of rotatable bonds is 7. The number of nitrogens with one attached hydrogen (secondary N) is 1. The van der Waals surface area contributed by atoms with Crippen LogP contribution in [-0.4, -0.2) is 51.9 Å². The zero-order valence-corrected chi connectivity index (χ0v) is 21.2. The summed E-state index contributed by atoms with van der Waals surface area (Å²) in [4.78, 5) is 35.7. The van der Waals surface area contributed by atoms with E-state index in [1.807, 2.05) is 12.1 Å². The lowest BCUT2D eigenvalue weighted by atomic mass is 9.92. The lowest BCUT2D eigenvalue weighted by molar-refractivity contribution is 0.0867. The van der Waals surface area contributed by atoms with E-state index in [2.05, 4.69) is 36.1 Å². The van der Waals surface area contributed by atoms with Crippen molar-refractivity contribution >= 4 is 29.4 Å². The second-order valence-electron chi connectivity index (χ2n) is 9.91. The highest BCUT2D eigenvalue weighted by atomic mass is 35.5. The Kier molecular flexibility index (Phi) is 7.91. The molecule has 2 fully saturated rings. The monoisotopic (exact) mass is 500 g/mol. The second-order valence-corrected chi connectivity index (χ2v) is 10.3. The minimum Gasteiger partial charge on any atom is -0.447 e. The largest absolute Gasteiger partial charge is 0.447 e. The van der Waals surface area contributed by atoms with Crippen LogP contribution in [0.2, 0.25) is 5.02 Å². The lowest BCUT2D eigenvalue weighted by Crippen LogP contribution is -2.38. The Bertz CT molecular complexity index is 1070. The minimum absolute atomic E-state index is 0.0473. The van der Waals surface area contributed by atoms with Gasteiger partial charge in [-0.3, -0.25) is 9.69 Å². The third-order valence-electron chi connectivity index (χ3n) is 6.94. The van der Waals surface area contributed by atoms with Gasteiger partial charge in [-0.2, -0.15) is 0 Å². The van der Waals surface area contributed by atoms with Crippen LogP contribution in [0.3, 0.4) is 0 Å². The first-order valence-corrected chi connectivity index (χ1v) is 12.7. The van der Waals surface area contributed by atoms with E-state index in [9.17, 15) is 14.7 Å². The van der Waals surface area contributed by atoms with Crippen molar-refractivity contribution in [1.29, 1.82) is 0 Å². The molecule has 1 aromatic heterocycles. The summed E-state index contributed by atoms with van der Waals surface area (Å²) < 4.78 is 5.25. The molecule has 9 heteroatoms. The third-order valence-corrected chi connectivity index (χ3v) is 7.25. The highest BCUT2D eigenvalue weighted by Gasteiger charge is 2.37. The van der Waals surface area contributed by atoms with E-state index in [1.54, 1.807) is 23.2 Å². The number of ether oxygens (including phenoxy) is 1. The molecule has 4 rings (SSSR count). The van der Waals surface area contributed by atoms with Crippen molar-refractivity contribution in [2.45, 2.75) is 77.0 Å². The Balaban J connectivity index is 1.42. The molecular weight excluding hydrogens is 468 g/mol. The van der Waals surface area contributed by atoms with Crippen LogP contribution in [-0.2, 0) is 11.2 Å². The summed E-state index contributed by atoms with van der Waals surface area (Å²) in [7, 11) is 0. The maximum Gasteiger partial charge on any atom is 0.415 e. The summed E-state index contributed by atoms with van der Waals surface area (Å²) in [6.07, 6.45) is 4.51. The van der Waals surface area contributed by atoms with E-state index in [-0.39, 0.29) is 42.0 Å². The lowest BCUT2D eigenvalue weighted by Gasteiger charge is -2.26. The molecule has 1 aliphatic carbocycles. The molecule has 2 aliphatic rings. The van der Waals surface area contributed by atoms with Gasteiger partial charge < -0.3 is 15.2 Å². The van der Waals surface area contributed by atoms with Gasteiger partial charge in [0.2, 0.25) is 0 Å². The maximum atomic E-state index is 12.7. The van der Waals surface area contributed by atoms with Gasteiger partial charge in [0.05, 0.1) is 22.7 Å². The fourth-order valence-electron chi connectivity index (χ4n) is 4.71. The first-order chi connectivity index (χ1) is 16.7. The van der Waals surface area contributed by atoms with Crippen molar-refractivity contribution < 1.29 is 19.4 Å². The molecule has 188 valence electrons. The average molecular weight is 501 g/mol. The van der Waals surface area contributed by atoms with Gasteiger partial charge >= 0.3 is 6.09 Å². The van der Waals surface area contributed by atoms with Crippen LogP contribution < -0.4 is 10.2 Å². The van der Waals surface area contributed by atoms with Gasteiger partial charge in [0, 0.05) is 18.7 Å². The number of nitrogens with zero attached hydrogens (tertiary/aromatic N) is 3. The number of carbonyl (C=O) groups is 2. The summed E-state index contributed by atoms with van der Waals surface area (Å²) in [5, 5.41) is 13.1. The number of aliphatic hydroxyl groups excluding tert-OH is 1. The SMILES string of the molecule is CC(C)[C@H]1COC(=O)N1c1ccnc(C[C@@H](C)c2ccc(C(=O)NC3CCC(O)CC3)c(Cl)c2)n1. The molecule has 0 unspecified atom stereocenters. The molecule has 1 saturated carbocycles.